The average Bonchev–Trinajstić information content (AvgIpc) is 3.30. The topological polar surface area (TPSA) is 77.7 Å². The van der Waals surface area contributed by atoms with Crippen molar-refractivity contribution >= 4 is 56.8 Å². The third-order valence-electron chi connectivity index (χ3n) is 7.24. The van der Waals surface area contributed by atoms with Gasteiger partial charge in [0.2, 0.25) is 5.78 Å². The molecule has 212 valence electrons. The third-order valence-corrected chi connectivity index (χ3v) is 8.23. The molecule has 0 aliphatic rings. The Hall–Kier alpha value is -4.49. The van der Waals surface area contributed by atoms with Crippen LogP contribution in [0.5, 0.6) is 0 Å². The fraction of sp³-hybridized carbons (Fsp3) is 0.200. The highest BCUT2D eigenvalue weighted by molar-refractivity contribution is 7.99. The molecular formula is C35H32N2O4S. The number of ketones is 2. The lowest BCUT2D eigenvalue weighted by Gasteiger charge is -2.07. The Labute approximate surface area is 249 Å². The smallest absolute Gasteiger partial charge is 0.331 e. The number of hydrogen-bond donors (Lipinski definition) is 0. The minimum Gasteiger partial charge on any atom is -0.341 e. The van der Waals surface area contributed by atoms with Crippen molar-refractivity contribution in [1.82, 2.24) is 4.57 Å². The SMILES string of the molecule is CCn1c2ccc(C(=O)C(CCSc3cccc(C)c3)=NOC(C)=O)cc2c2cc(C(=O)c3ccccc3C)ccc21. The van der Waals surface area contributed by atoms with Crippen LogP contribution in [0, 0.1) is 13.8 Å². The Balaban J connectivity index is 1.51. The van der Waals surface area contributed by atoms with Crippen LogP contribution in [0.25, 0.3) is 21.8 Å². The first-order valence-corrected chi connectivity index (χ1v) is 14.9. The van der Waals surface area contributed by atoms with Crippen LogP contribution in [0.15, 0.2) is 95.0 Å². The number of thioether (sulfide) groups is 1. The Morgan fingerprint density at radius 2 is 1.52 bits per heavy atom. The van der Waals surface area contributed by atoms with Crippen molar-refractivity contribution < 1.29 is 19.2 Å². The van der Waals surface area contributed by atoms with Crippen LogP contribution < -0.4 is 0 Å². The Morgan fingerprint density at radius 3 is 2.19 bits per heavy atom. The Morgan fingerprint density at radius 1 is 0.833 bits per heavy atom. The van der Waals surface area contributed by atoms with Gasteiger partial charge in [-0.2, -0.15) is 0 Å². The maximum atomic E-state index is 13.7. The third kappa shape index (κ3) is 6.06. The quantitative estimate of drug-likeness (QED) is 0.0554. The average molecular weight is 577 g/mol. The molecule has 0 unspecified atom stereocenters. The van der Waals surface area contributed by atoms with Gasteiger partial charge in [0.25, 0.3) is 0 Å². The van der Waals surface area contributed by atoms with Gasteiger partial charge in [-0.05, 0) is 74.9 Å². The van der Waals surface area contributed by atoms with E-state index in [0.717, 1.165) is 44.4 Å². The Kier molecular flexibility index (Phi) is 8.69. The van der Waals surface area contributed by atoms with Gasteiger partial charge in [0, 0.05) is 69.0 Å². The van der Waals surface area contributed by atoms with E-state index in [1.54, 1.807) is 17.8 Å². The lowest BCUT2D eigenvalue weighted by molar-refractivity contribution is -0.140. The molecule has 5 rings (SSSR count). The first kappa shape index (κ1) is 29.0. The zero-order valence-corrected chi connectivity index (χ0v) is 25.0. The highest BCUT2D eigenvalue weighted by atomic mass is 32.2. The van der Waals surface area contributed by atoms with Gasteiger partial charge in [0.15, 0.2) is 5.78 Å². The lowest BCUT2D eigenvalue weighted by Crippen LogP contribution is -2.16. The maximum Gasteiger partial charge on any atom is 0.331 e. The molecule has 5 aromatic rings. The fourth-order valence-corrected chi connectivity index (χ4v) is 6.14. The van der Waals surface area contributed by atoms with Gasteiger partial charge >= 0.3 is 5.97 Å². The largest absolute Gasteiger partial charge is 0.341 e. The molecule has 6 nitrogen and oxygen atoms in total. The number of benzene rings is 4. The number of Topliss-reactive ketones (excluding diaryl/α,β-unsaturated/α-hetero) is 1. The second-order valence-corrected chi connectivity index (χ2v) is 11.4. The molecule has 0 radical (unpaired) electrons. The van der Waals surface area contributed by atoms with Crippen LogP contribution in [-0.4, -0.2) is 33.6 Å². The molecule has 0 atom stereocenters. The van der Waals surface area contributed by atoms with Crippen LogP contribution in [-0.2, 0) is 16.2 Å². The summed E-state index contributed by atoms with van der Waals surface area (Å²) in [6.07, 6.45) is 0.328. The van der Waals surface area contributed by atoms with Crippen molar-refractivity contribution in [1.29, 1.82) is 0 Å². The van der Waals surface area contributed by atoms with Crippen molar-refractivity contribution in [3.05, 3.63) is 113 Å². The number of rotatable bonds is 10. The van der Waals surface area contributed by atoms with Crippen molar-refractivity contribution in [2.45, 2.75) is 45.6 Å². The summed E-state index contributed by atoms with van der Waals surface area (Å²) < 4.78 is 2.17. The number of carbonyl (C=O) groups is 3. The molecule has 7 heteroatoms. The summed E-state index contributed by atoms with van der Waals surface area (Å²) in [6, 6.07) is 27.0. The number of nitrogens with zero attached hydrogens (tertiary/aromatic N) is 2. The van der Waals surface area contributed by atoms with E-state index < -0.39 is 5.97 Å². The van der Waals surface area contributed by atoms with Gasteiger partial charge in [-0.3, -0.25) is 9.59 Å². The second-order valence-electron chi connectivity index (χ2n) is 10.2. The first-order valence-electron chi connectivity index (χ1n) is 13.9. The molecule has 0 aliphatic heterocycles. The van der Waals surface area contributed by atoms with E-state index >= 15 is 0 Å². The first-order chi connectivity index (χ1) is 20.3. The normalized spacial score (nSPS) is 11.7. The molecule has 0 N–H and O–H groups in total. The predicted octanol–water partition coefficient (Wildman–Crippen LogP) is 7.95. The number of carbonyl (C=O) groups excluding carboxylic acids is 3. The molecule has 42 heavy (non-hydrogen) atoms. The van der Waals surface area contributed by atoms with Crippen molar-refractivity contribution in [2.24, 2.45) is 5.16 Å². The van der Waals surface area contributed by atoms with E-state index in [1.165, 1.54) is 6.92 Å². The van der Waals surface area contributed by atoms with Gasteiger partial charge in [-0.1, -0.05) is 47.1 Å². The summed E-state index contributed by atoms with van der Waals surface area (Å²) in [5.41, 5.74) is 5.93. The fourth-order valence-electron chi connectivity index (χ4n) is 5.17. The number of hydrogen-bond acceptors (Lipinski definition) is 6. The van der Waals surface area contributed by atoms with Crippen LogP contribution in [0.4, 0.5) is 0 Å². The molecule has 1 aromatic heterocycles. The zero-order chi connectivity index (χ0) is 29.8. The van der Waals surface area contributed by atoms with Crippen molar-refractivity contribution in [2.75, 3.05) is 5.75 Å². The molecule has 0 bridgehead atoms. The van der Waals surface area contributed by atoms with Crippen molar-refractivity contribution in [3.63, 3.8) is 0 Å². The minimum atomic E-state index is -0.584. The molecule has 4 aromatic carbocycles. The molecular weight excluding hydrogens is 544 g/mol. The van der Waals surface area contributed by atoms with E-state index in [2.05, 4.69) is 22.7 Å². The molecule has 0 aliphatic carbocycles. The summed E-state index contributed by atoms with van der Waals surface area (Å²) in [6.45, 7) is 8.03. The number of oxime groups is 1. The highest BCUT2D eigenvalue weighted by Crippen LogP contribution is 2.32. The van der Waals surface area contributed by atoms with E-state index in [0.29, 0.717) is 28.9 Å². The summed E-state index contributed by atoms with van der Waals surface area (Å²) in [7, 11) is 0. The number of aryl methyl sites for hydroxylation is 3. The van der Waals surface area contributed by atoms with Gasteiger partial charge in [0.05, 0.1) is 0 Å². The molecule has 0 fully saturated rings. The van der Waals surface area contributed by atoms with Gasteiger partial charge < -0.3 is 9.40 Å². The monoisotopic (exact) mass is 576 g/mol. The summed E-state index contributed by atoms with van der Waals surface area (Å²) in [5, 5.41) is 5.72. The number of fused-ring (bicyclic) bond motifs is 3. The second kappa shape index (κ2) is 12.6. The lowest BCUT2D eigenvalue weighted by atomic mass is 9.97. The Bertz CT molecular complexity index is 1870. The van der Waals surface area contributed by atoms with Gasteiger partial charge in [-0.15, -0.1) is 11.8 Å². The molecule has 0 saturated carbocycles. The van der Waals surface area contributed by atoms with Gasteiger partial charge in [0.1, 0.15) is 5.71 Å². The van der Waals surface area contributed by atoms with Crippen LogP contribution >= 0.6 is 11.8 Å². The van der Waals surface area contributed by atoms with Crippen LogP contribution in [0.2, 0.25) is 0 Å². The van der Waals surface area contributed by atoms with Crippen LogP contribution in [0.1, 0.15) is 57.7 Å². The summed E-state index contributed by atoms with van der Waals surface area (Å²) >= 11 is 1.62. The summed E-state index contributed by atoms with van der Waals surface area (Å²) in [4.78, 5) is 44.7. The molecule has 1 heterocycles. The predicted molar refractivity (Wildman–Crippen MR) is 170 cm³/mol. The molecule has 0 saturated heterocycles. The van der Waals surface area contributed by atoms with E-state index in [1.807, 2.05) is 86.6 Å². The minimum absolute atomic E-state index is 0.0402. The maximum absolute atomic E-state index is 13.7. The van der Waals surface area contributed by atoms with Gasteiger partial charge in [-0.25, -0.2) is 4.79 Å². The number of aromatic nitrogens is 1. The van der Waals surface area contributed by atoms with E-state index in [9.17, 15) is 14.4 Å². The van der Waals surface area contributed by atoms with E-state index in [-0.39, 0.29) is 17.3 Å². The zero-order valence-electron chi connectivity index (χ0n) is 24.1. The molecule has 0 amide bonds. The summed E-state index contributed by atoms with van der Waals surface area (Å²) in [5.74, 6) is -0.329. The van der Waals surface area contributed by atoms with Crippen LogP contribution in [0.3, 0.4) is 0 Å². The highest BCUT2D eigenvalue weighted by Gasteiger charge is 2.20. The molecule has 0 spiro atoms. The van der Waals surface area contributed by atoms with E-state index in [4.69, 9.17) is 4.84 Å². The van der Waals surface area contributed by atoms with Crippen molar-refractivity contribution in [3.8, 4) is 0 Å². The standard InChI is InChI=1S/C35H32N2O4S/c1-5-37-32-15-13-25(34(39)28-12-7-6-10-23(28)3)20-29(32)30-21-26(14-16-33(30)37)35(40)31(36-41-24(4)38)17-18-42-27-11-8-9-22(2)19-27/h6-16,19-21H,5,17-18H2,1-4H3.